The number of ketones is 1. The van der Waals surface area contributed by atoms with Crippen molar-refractivity contribution in [2.75, 3.05) is 5.32 Å². The Morgan fingerprint density at radius 3 is 3.09 bits per heavy atom. The van der Waals surface area contributed by atoms with E-state index < -0.39 is 0 Å². The normalized spacial score (nSPS) is 12.2. The third-order valence-corrected chi connectivity index (χ3v) is 3.15. The molecule has 0 aliphatic rings. The molecule has 8 heteroatoms. The van der Waals surface area contributed by atoms with Crippen LogP contribution < -0.4 is 10.9 Å². The number of H-pyrrole nitrogens is 2. The van der Waals surface area contributed by atoms with Crippen molar-refractivity contribution < 1.29 is 4.79 Å². The number of fused-ring (bicyclic) bond motifs is 1. The second-order valence-electron chi connectivity index (χ2n) is 4.93. The molecule has 3 aromatic rings. The number of aromatic nitrogens is 5. The zero-order chi connectivity index (χ0) is 15.5. The summed E-state index contributed by atoms with van der Waals surface area (Å²) >= 11 is 0. The van der Waals surface area contributed by atoms with Crippen LogP contribution >= 0.6 is 0 Å². The standard InChI is InChI=1S/C14H14N6O2/c1-8(5-10(21)9-3-2-4-15-6-9)18-14-19-12-11(13(22)20-14)16-7-17-12/h2-4,6-8H,5H2,1H3,(H3,16,17,18,19,20,22). The Bertz CT molecular complexity index is 854. The highest BCUT2D eigenvalue weighted by molar-refractivity contribution is 5.96. The lowest BCUT2D eigenvalue weighted by Gasteiger charge is -2.13. The van der Waals surface area contributed by atoms with Gasteiger partial charge < -0.3 is 10.3 Å². The van der Waals surface area contributed by atoms with Gasteiger partial charge >= 0.3 is 0 Å². The number of pyridine rings is 1. The summed E-state index contributed by atoms with van der Waals surface area (Å²) in [6.45, 7) is 1.84. The largest absolute Gasteiger partial charge is 0.353 e. The average molecular weight is 298 g/mol. The number of aromatic amines is 2. The zero-order valence-electron chi connectivity index (χ0n) is 11.8. The van der Waals surface area contributed by atoms with Crippen molar-refractivity contribution in [1.82, 2.24) is 24.9 Å². The molecule has 0 amide bonds. The van der Waals surface area contributed by atoms with E-state index in [1.54, 1.807) is 18.3 Å². The zero-order valence-corrected chi connectivity index (χ0v) is 11.8. The molecule has 0 radical (unpaired) electrons. The maximum Gasteiger partial charge on any atom is 0.278 e. The van der Waals surface area contributed by atoms with Gasteiger partial charge in [-0.15, -0.1) is 0 Å². The molecule has 3 N–H and O–H groups in total. The van der Waals surface area contributed by atoms with Gasteiger partial charge in [-0.05, 0) is 19.1 Å². The van der Waals surface area contributed by atoms with Gasteiger partial charge in [0.05, 0.1) is 6.33 Å². The molecule has 0 saturated carbocycles. The molecule has 112 valence electrons. The SMILES string of the molecule is CC(CC(=O)c1cccnc1)Nc1nc2nc[nH]c2c(=O)[nH]1. The fraction of sp³-hybridized carbons (Fsp3) is 0.214. The monoisotopic (exact) mass is 298 g/mol. The van der Waals surface area contributed by atoms with Crippen molar-refractivity contribution in [2.24, 2.45) is 0 Å². The summed E-state index contributed by atoms with van der Waals surface area (Å²) in [5.74, 6) is 0.257. The van der Waals surface area contributed by atoms with Crippen LogP contribution in [0.5, 0.6) is 0 Å². The van der Waals surface area contributed by atoms with Crippen LogP contribution in [-0.2, 0) is 0 Å². The number of imidazole rings is 1. The topological polar surface area (TPSA) is 116 Å². The Hall–Kier alpha value is -3.03. The predicted octanol–water partition coefficient (Wildman–Crippen LogP) is 1.11. The van der Waals surface area contributed by atoms with Crippen molar-refractivity contribution >= 4 is 22.9 Å². The number of Topliss-reactive ketones (excluding diaryl/α,β-unsaturated/α-hetero) is 1. The molecule has 0 aliphatic carbocycles. The lowest BCUT2D eigenvalue weighted by atomic mass is 10.1. The van der Waals surface area contributed by atoms with Crippen molar-refractivity contribution in [3.05, 3.63) is 46.8 Å². The van der Waals surface area contributed by atoms with E-state index in [0.29, 0.717) is 16.7 Å². The Balaban J connectivity index is 1.71. The van der Waals surface area contributed by atoms with Crippen molar-refractivity contribution in [3.8, 4) is 0 Å². The number of anilines is 1. The van der Waals surface area contributed by atoms with Gasteiger partial charge in [-0.25, -0.2) is 4.98 Å². The fourth-order valence-electron chi connectivity index (χ4n) is 2.12. The lowest BCUT2D eigenvalue weighted by Crippen LogP contribution is -2.23. The van der Waals surface area contributed by atoms with E-state index in [1.165, 1.54) is 12.5 Å². The first-order valence-corrected chi connectivity index (χ1v) is 6.76. The molecule has 1 atom stereocenters. The van der Waals surface area contributed by atoms with Crippen LogP contribution in [0.1, 0.15) is 23.7 Å². The number of carbonyl (C=O) groups is 1. The first kappa shape index (κ1) is 13.9. The second-order valence-corrected chi connectivity index (χ2v) is 4.93. The van der Waals surface area contributed by atoms with E-state index in [0.717, 1.165) is 0 Å². The molecule has 0 fully saturated rings. The van der Waals surface area contributed by atoms with Gasteiger partial charge in [0.25, 0.3) is 5.56 Å². The van der Waals surface area contributed by atoms with Crippen LogP contribution in [0.4, 0.5) is 5.95 Å². The second kappa shape index (κ2) is 5.76. The molecule has 8 nitrogen and oxygen atoms in total. The molecule has 22 heavy (non-hydrogen) atoms. The number of carbonyl (C=O) groups excluding carboxylic acids is 1. The van der Waals surface area contributed by atoms with Gasteiger partial charge in [0.1, 0.15) is 0 Å². The molecular formula is C14H14N6O2. The lowest BCUT2D eigenvalue weighted by molar-refractivity contribution is 0.0978. The van der Waals surface area contributed by atoms with Crippen molar-refractivity contribution in [3.63, 3.8) is 0 Å². The molecule has 3 aromatic heterocycles. The minimum atomic E-state index is -0.309. The molecule has 3 heterocycles. The van der Waals surface area contributed by atoms with E-state index in [4.69, 9.17) is 0 Å². The van der Waals surface area contributed by atoms with Crippen LogP contribution in [0, 0.1) is 0 Å². The van der Waals surface area contributed by atoms with Gasteiger partial charge in [-0.2, -0.15) is 4.98 Å². The van der Waals surface area contributed by atoms with Crippen LogP contribution in [0.15, 0.2) is 35.6 Å². The number of nitrogens with one attached hydrogen (secondary N) is 3. The third kappa shape index (κ3) is 2.85. The summed E-state index contributed by atoms with van der Waals surface area (Å²) in [5.41, 5.74) is 0.901. The molecule has 0 aromatic carbocycles. The van der Waals surface area contributed by atoms with E-state index in [-0.39, 0.29) is 29.8 Å². The van der Waals surface area contributed by atoms with E-state index >= 15 is 0 Å². The minimum absolute atomic E-state index is 0.0312. The molecule has 0 aliphatic heterocycles. The number of rotatable bonds is 5. The van der Waals surface area contributed by atoms with Crippen LogP contribution in [-0.4, -0.2) is 36.7 Å². The number of hydrogen-bond acceptors (Lipinski definition) is 6. The molecule has 1 unspecified atom stereocenters. The number of hydrogen-bond donors (Lipinski definition) is 3. The summed E-state index contributed by atoms with van der Waals surface area (Å²) in [6.07, 6.45) is 4.82. The average Bonchev–Trinajstić information content (AvgIpc) is 2.97. The van der Waals surface area contributed by atoms with Gasteiger partial charge in [-0.3, -0.25) is 19.6 Å². The highest BCUT2D eigenvalue weighted by atomic mass is 16.1. The number of nitrogens with zero attached hydrogens (tertiary/aromatic N) is 3. The highest BCUT2D eigenvalue weighted by Crippen LogP contribution is 2.09. The maximum absolute atomic E-state index is 12.1. The predicted molar refractivity (Wildman–Crippen MR) is 80.8 cm³/mol. The Morgan fingerprint density at radius 2 is 2.32 bits per heavy atom. The first-order chi connectivity index (χ1) is 10.6. The fourth-order valence-corrected chi connectivity index (χ4v) is 2.12. The Labute approximate surface area is 125 Å². The van der Waals surface area contributed by atoms with Crippen molar-refractivity contribution in [2.45, 2.75) is 19.4 Å². The molecule has 0 spiro atoms. The molecule has 3 rings (SSSR count). The summed E-state index contributed by atoms with van der Waals surface area (Å²) < 4.78 is 0. The van der Waals surface area contributed by atoms with Crippen molar-refractivity contribution in [1.29, 1.82) is 0 Å². The summed E-state index contributed by atoms with van der Waals surface area (Å²) in [6, 6.07) is 3.24. The van der Waals surface area contributed by atoms with Gasteiger partial charge in [0.15, 0.2) is 16.9 Å². The van der Waals surface area contributed by atoms with E-state index in [2.05, 4.69) is 30.2 Å². The molecule has 0 saturated heterocycles. The summed E-state index contributed by atoms with van der Waals surface area (Å²) in [5, 5.41) is 3.00. The summed E-state index contributed by atoms with van der Waals surface area (Å²) in [4.78, 5) is 41.3. The van der Waals surface area contributed by atoms with Gasteiger partial charge in [-0.1, -0.05) is 0 Å². The minimum Gasteiger partial charge on any atom is -0.353 e. The van der Waals surface area contributed by atoms with E-state index in [9.17, 15) is 9.59 Å². The highest BCUT2D eigenvalue weighted by Gasteiger charge is 2.13. The summed E-state index contributed by atoms with van der Waals surface area (Å²) in [7, 11) is 0. The van der Waals surface area contributed by atoms with E-state index in [1.807, 2.05) is 6.92 Å². The van der Waals surface area contributed by atoms with Crippen LogP contribution in [0.2, 0.25) is 0 Å². The Kier molecular flexibility index (Phi) is 3.65. The maximum atomic E-state index is 12.1. The van der Waals surface area contributed by atoms with Crippen LogP contribution in [0.3, 0.4) is 0 Å². The molecule has 0 bridgehead atoms. The third-order valence-electron chi connectivity index (χ3n) is 3.15. The quantitative estimate of drug-likeness (QED) is 0.608. The van der Waals surface area contributed by atoms with Gasteiger partial charge in [0, 0.05) is 30.4 Å². The van der Waals surface area contributed by atoms with Gasteiger partial charge in [0.2, 0.25) is 5.95 Å². The Morgan fingerprint density at radius 1 is 1.45 bits per heavy atom. The first-order valence-electron chi connectivity index (χ1n) is 6.76. The smallest absolute Gasteiger partial charge is 0.278 e. The van der Waals surface area contributed by atoms with Crippen LogP contribution in [0.25, 0.3) is 11.2 Å². The molecular weight excluding hydrogens is 284 g/mol.